The normalized spacial score (nSPS) is 20.7. The monoisotopic (exact) mass is 248 g/mol. The van der Waals surface area contributed by atoms with Gasteiger partial charge in [0.15, 0.2) is 0 Å². The number of rotatable bonds is 4. The van der Waals surface area contributed by atoms with Crippen LogP contribution in [0.25, 0.3) is 0 Å². The van der Waals surface area contributed by atoms with Gasteiger partial charge in [0.05, 0.1) is 5.69 Å². The summed E-state index contributed by atoms with van der Waals surface area (Å²) in [5.74, 6) is 1.89. The van der Waals surface area contributed by atoms with Crippen LogP contribution >= 0.6 is 0 Å². The van der Waals surface area contributed by atoms with Gasteiger partial charge in [0, 0.05) is 12.2 Å². The van der Waals surface area contributed by atoms with Gasteiger partial charge in [0.2, 0.25) is 5.95 Å². The van der Waals surface area contributed by atoms with E-state index in [4.69, 9.17) is 0 Å². The van der Waals surface area contributed by atoms with Crippen molar-refractivity contribution in [3.63, 3.8) is 0 Å². The van der Waals surface area contributed by atoms with Gasteiger partial charge in [-0.25, -0.2) is 4.98 Å². The molecule has 3 N–H and O–H groups in total. The van der Waals surface area contributed by atoms with Crippen LogP contribution in [0, 0.1) is 5.92 Å². The molecule has 1 aliphatic heterocycles. The fourth-order valence-corrected chi connectivity index (χ4v) is 3.10. The van der Waals surface area contributed by atoms with Crippen molar-refractivity contribution in [3.8, 4) is 0 Å². The number of aromatic amines is 1. The van der Waals surface area contributed by atoms with Gasteiger partial charge in [-0.2, -0.15) is 0 Å². The molecule has 0 amide bonds. The lowest BCUT2D eigenvalue weighted by atomic mass is 9.95. The number of aryl methyl sites for hydroxylation is 2. The maximum atomic E-state index is 4.65. The molecule has 2 aliphatic rings. The van der Waals surface area contributed by atoms with Crippen LogP contribution in [0.2, 0.25) is 0 Å². The van der Waals surface area contributed by atoms with E-state index in [0.717, 1.165) is 24.8 Å². The van der Waals surface area contributed by atoms with E-state index in [1.54, 1.807) is 0 Å². The molecule has 100 valence electrons. The maximum absolute atomic E-state index is 4.65. The maximum Gasteiger partial charge on any atom is 0.200 e. The molecule has 1 saturated heterocycles. The number of fused-ring (bicyclic) bond motifs is 1. The van der Waals surface area contributed by atoms with Crippen molar-refractivity contribution in [2.45, 2.75) is 44.9 Å². The van der Waals surface area contributed by atoms with E-state index in [1.807, 2.05) is 0 Å². The molecule has 4 heteroatoms. The van der Waals surface area contributed by atoms with Crippen LogP contribution in [0.3, 0.4) is 0 Å². The fourth-order valence-electron chi connectivity index (χ4n) is 3.10. The predicted octanol–water partition coefficient (Wildman–Crippen LogP) is 2.09. The molecule has 0 spiro atoms. The lowest BCUT2D eigenvalue weighted by Gasteiger charge is -2.22. The van der Waals surface area contributed by atoms with Crippen LogP contribution in [0.4, 0.5) is 5.95 Å². The lowest BCUT2D eigenvalue weighted by Crippen LogP contribution is -2.28. The van der Waals surface area contributed by atoms with Crippen molar-refractivity contribution in [2.24, 2.45) is 5.92 Å². The first-order valence-electron chi connectivity index (χ1n) is 7.44. The van der Waals surface area contributed by atoms with Crippen LogP contribution in [-0.4, -0.2) is 29.6 Å². The van der Waals surface area contributed by atoms with Crippen molar-refractivity contribution in [1.29, 1.82) is 0 Å². The van der Waals surface area contributed by atoms with Gasteiger partial charge in [0.1, 0.15) is 0 Å². The van der Waals surface area contributed by atoms with Gasteiger partial charge in [0.25, 0.3) is 0 Å². The van der Waals surface area contributed by atoms with Crippen molar-refractivity contribution in [3.05, 3.63) is 11.4 Å². The molecule has 1 fully saturated rings. The summed E-state index contributed by atoms with van der Waals surface area (Å²) in [5, 5.41) is 6.88. The summed E-state index contributed by atoms with van der Waals surface area (Å²) in [6.45, 7) is 3.44. The quantitative estimate of drug-likeness (QED) is 0.765. The molecule has 0 atom stereocenters. The fraction of sp³-hybridized carbons (Fsp3) is 0.786. The number of hydrogen-bond donors (Lipinski definition) is 3. The highest BCUT2D eigenvalue weighted by molar-refractivity contribution is 5.32. The number of imidazole rings is 1. The summed E-state index contributed by atoms with van der Waals surface area (Å²) in [7, 11) is 0. The summed E-state index contributed by atoms with van der Waals surface area (Å²) in [6, 6.07) is 0. The molecule has 1 aromatic heterocycles. The average molecular weight is 248 g/mol. The van der Waals surface area contributed by atoms with Crippen molar-refractivity contribution in [1.82, 2.24) is 15.3 Å². The van der Waals surface area contributed by atoms with Crippen molar-refractivity contribution in [2.75, 3.05) is 25.0 Å². The van der Waals surface area contributed by atoms with E-state index >= 15 is 0 Å². The van der Waals surface area contributed by atoms with Crippen molar-refractivity contribution >= 4 is 5.95 Å². The molecule has 0 aromatic carbocycles. The van der Waals surface area contributed by atoms with E-state index < -0.39 is 0 Å². The Morgan fingerprint density at radius 1 is 1.17 bits per heavy atom. The Kier molecular flexibility index (Phi) is 3.84. The van der Waals surface area contributed by atoms with Gasteiger partial charge in [-0.3, -0.25) is 0 Å². The SMILES string of the molecule is C1CCc2[nH]c(NCCC3CCNCC3)nc2C1. The molecule has 0 saturated carbocycles. The number of piperidine rings is 1. The zero-order valence-corrected chi connectivity index (χ0v) is 11.1. The number of hydrogen-bond acceptors (Lipinski definition) is 3. The summed E-state index contributed by atoms with van der Waals surface area (Å²) in [6.07, 6.45) is 8.87. The molecule has 4 nitrogen and oxygen atoms in total. The molecular weight excluding hydrogens is 224 g/mol. The Balaban J connectivity index is 1.46. The molecule has 2 heterocycles. The molecule has 1 aromatic rings. The first-order valence-corrected chi connectivity index (χ1v) is 7.44. The van der Waals surface area contributed by atoms with E-state index in [0.29, 0.717) is 0 Å². The molecular formula is C14H24N4. The first-order chi connectivity index (χ1) is 8.92. The Bertz CT molecular complexity index is 356. The highest BCUT2D eigenvalue weighted by Crippen LogP contribution is 2.21. The smallest absolute Gasteiger partial charge is 0.200 e. The van der Waals surface area contributed by atoms with Crippen LogP contribution in [0.15, 0.2) is 0 Å². The molecule has 0 bridgehead atoms. The number of anilines is 1. The first kappa shape index (κ1) is 12.0. The van der Waals surface area contributed by atoms with E-state index in [9.17, 15) is 0 Å². The Labute approximate surface area is 109 Å². The third-order valence-corrected chi connectivity index (χ3v) is 4.26. The van der Waals surface area contributed by atoms with Crippen LogP contribution in [0.1, 0.15) is 43.5 Å². The number of nitrogens with one attached hydrogen (secondary N) is 3. The van der Waals surface area contributed by atoms with Gasteiger partial charge in [-0.05, 0) is 64.0 Å². The second kappa shape index (κ2) is 5.74. The molecule has 18 heavy (non-hydrogen) atoms. The number of nitrogens with zero attached hydrogens (tertiary/aromatic N) is 1. The summed E-state index contributed by atoms with van der Waals surface area (Å²) < 4.78 is 0. The van der Waals surface area contributed by atoms with Gasteiger partial charge in [-0.1, -0.05) is 0 Å². The molecule has 0 radical (unpaired) electrons. The lowest BCUT2D eigenvalue weighted by molar-refractivity contribution is 0.361. The summed E-state index contributed by atoms with van der Waals surface area (Å²) >= 11 is 0. The standard InChI is InChI=1S/C14H24N4/c1-2-4-13-12(3-1)17-14(18-13)16-10-7-11-5-8-15-9-6-11/h11,15H,1-10H2,(H2,16,17,18). The van der Waals surface area contributed by atoms with Gasteiger partial charge in [-0.15, -0.1) is 0 Å². The molecule has 1 aliphatic carbocycles. The Morgan fingerprint density at radius 2 is 2.00 bits per heavy atom. The minimum absolute atomic E-state index is 0.892. The van der Waals surface area contributed by atoms with Gasteiger partial charge < -0.3 is 15.6 Å². The zero-order valence-electron chi connectivity index (χ0n) is 11.1. The van der Waals surface area contributed by atoms with Gasteiger partial charge >= 0.3 is 0 Å². The number of aromatic nitrogens is 2. The van der Waals surface area contributed by atoms with Crippen molar-refractivity contribution < 1.29 is 0 Å². The molecule has 0 unspecified atom stereocenters. The third-order valence-electron chi connectivity index (χ3n) is 4.26. The predicted molar refractivity (Wildman–Crippen MR) is 73.9 cm³/mol. The summed E-state index contributed by atoms with van der Waals surface area (Å²) in [5.41, 5.74) is 2.66. The Morgan fingerprint density at radius 3 is 2.83 bits per heavy atom. The number of H-pyrrole nitrogens is 1. The van der Waals surface area contributed by atoms with Crippen LogP contribution in [-0.2, 0) is 12.8 Å². The largest absolute Gasteiger partial charge is 0.356 e. The minimum Gasteiger partial charge on any atom is -0.356 e. The minimum atomic E-state index is 0.892. The Hall–Kier alpha value is -1.03. The topological polar surface area (TPSA) is 52.7 Å². The second-order valence-electron chi connectivity index (χ2n) is 5.63. The second-order valence-corrected chi connectivity index (χ2v) is 5.63. The highest BCUT2D eigenvalue weighted by atomic mass is 15.1. The molecule has 3 rings (SSSR count). The van der Waals surface area contributed by atoms with E-state index in [1.165, 1.54) is 63.0 Å². The van der Waals surface area contributed by atoms with Crippen LogP contribution < -0.4 is 10.6 Å². The average Bonchev–Trinajstić information content (AvgIpc) is 2.82. The summed E-state index contributed by atoms with van der Waals surface area (Å²) in [4.78, 5) is 8.09. The van der Waals surface area contributed by atoms with E-state index in [2.05, 4.69) is 20.6 Å². The van der Waals surface area contributed by atoms with E-state index in [-0.39, 0.29) is 0 Å². The third kappa shape index (κ3) is 2.86. The van der Waals surface area contributed by atoms with Crippen LogP contribution in [0.5, 0.6) is 0 Å². The highest BCUT2D eigenvalue weighted by Gasteiger charge is 2.15. The zero-order chi connectivity index (χ0) is 12.2.